The maximum absolute atomic E-state index is 11.3. The second kappa shape index (κ2) is 5.37. The lowest BCUT2D eigenvalue weighted by Crippen LogP contribution is -2.33. The van der Waals surface area contributed by atoms with Gasteiger partial charge in [-0.25, -0.2) is 5.48 Å². The van der Waals surface area contributed by atoms with Crippen LogP contribution in [0.25, 0.3) is 0 Å². The second-order valence-corrected chi connectivity index (χ2v) is 4.55. The Labute approximate surface area is 106 Å². The summed E-state index contributed by atoms with van der Waals surface area (Å²) < 4.78 is 5.75. The van der Waals surface area contributed by atoms with Crippen molar-refractivity contribution in [2.45, 2.75) is 25.9 Å². The Hall–Kier alpha value is -1.59. The summed E-state index contributed by atoms with van der Waals surface area (Å²) in [4.78, 5) is 13.6. The molecule has 1 aromatic rings. The molecular weight excluding hydrogens is 232 g/mol. The third-order valence-corrected chi connectivity index (χ3v) is 3.38. The Kier molecular flexibility index (Phi) is 3.84. The fraction of sp³-hybridized carbons (Fsp3) is 0.462. The predicted molar refractivity (Wildman–Crippen MR) is 66.7 cm³/mol. The monoisotopic (exact) mass is 250 g/mol. The number of ether oxygens (including phenoxy) is 1. The van der Waals surface area contributed by atoms with E-state index in [-0.39, 0.29) is 0 Å². The molecule has 5 nitrogen and oxygen atoms in total. The molecule has 5 heteroatoms. The summed E-state index contributed by atoms with van der Waals surface area (Å²) in [6.07, 6.45) is 1.02. The SMILES string of the molecule is CC[C@@H]1COc2cc(C(=O)NO)ccc2CN1C. The number of likely N-dealkylation sites (N-methyl/N-ethyl adjacent to an activating group) is 1. The van der Waals surface area contributed by atoms with Crippen molar-refractivity contribution in [3.05, 3.63) is 29.3 Å². The number of benzene rings is 1. The third-order valence-electron chi connectivity index (χ3n) is 3.38. The van der Waals surface area contributed by atoms with Crippen LogP contribution in [0.3, 0.4) is 0 Å². The maximum Gasteiger partial charge on any atom is 0.274 e. The quantitative estimate of drug-likeness (QED) is 0.615. The number of hydrogen-bond acceptors (Lipinski definition) is 4. The van der Waals surface area contributed by atoms with E-state index in [0.29, 0.717) is 18.2 Å². The first-order valence-electron chi connectivity index (χ1n) is 6.06. The number of nitrogens with zero attached hydrogens (tertiary/aromatic N) is 1. The lowest BCUT2D eigenvalue weighted by Gasteiger charge is -2.22. The Morgan fingerprint density at radius 2 is 2.39 bits per heavy atom. The molecule has 2 rings (SSSR count). The Bertz CT molecular complexity index is 448. The second-order valence-electron chi connectivity index (χ2n) is 4.55. The van der Waals surface area contributed by atoms with Crippen molar-refractivity contribution in [3.8, 4) is 5.75 Å². The minimum Gasteiger partial charge on any atom is -0.492 e. The van der Waals surface area contributed by atoms with Gasteiger partial charge in [0.25, 0.3) is 5.91 Å². The molecule has 1 heterocycles. The summed E-state index contributed by atoms with van der Waals surface area (Å²) in [7, 11) is 2.07. The van der Waals surface area contributed by atoms with E-state index in [1.54, 1.807) is 17.6 Å². The van der Waals surface area contributed by atoms with Gasteiger partial charge in [0.2, 0.25) is 0 Å². The molecule has 0 aliphatic carbocycles. The summed E-state index contributed by atoms with van der Waals surface area (Å²) in [6, 6.07) is 5.61. The minimum absolute atomic E-state index is 0.382. The third kappa shape index (κ3) is 2.47. The normalized spacial score (nSPS) is 19.6. The first kappa shape index (κ1) is 12.9. The van der Waals surface area contributed by atoms with E-state index < -0.39 is 5.91 Å². The fourth-order valence-corrected chi connectivity index (χ4v) is 2.17. The highest BCUT2D eigenvalue weighted by Gasteiger charge is 2.21. The summed E-state index contributed by atoms with van der Waals surface area (Å²) in [5, 5.41) is 8.62. The highest BCUT2D eigenvalue weighted by molar-refractivity contribution is 5.93. The molecule has 0 radical (unpaired) electrons. The van der Waals surface area contributed by atoms with Crippen LogP contribution in [0.4, 0.5) is 0 Å². The first-order chi connectivity index (χ1) is 8.65. The molecule has 0 fully saturated rings. The van der Waals surface area contributed by atoms with E-state index in [2.05, 4.69) is 18.9 Å². The van der Waals surface area contributed by atoms with E-state index in [0.717, 1.165) is 24.3 Å². The fourth-order valence-electron chi connectivity index (χ4n) is 2.17. The number of fused-ring (bicyclic) bond motifs is 1. The molecule has 0 spiro atoms. The zero-order chi connectivity index (χ0) is 13.1. The van der Waals surface area contributed by atoms with Gasteiger partial charge in [-0.2, -0.15) is 0 Å². The Morgan fingerprint density at radius 1 is 1.61 bits per heavy atom. The van der Waals surface area contributed by atoms with Gasteiger partial charge in [-0.15, -0.1) is 0 Å². The van der Waals surface area contributed by atoms with Crippen LogP contribution in [0.5, 0.6) is 5.75 Å². The van der Waals surface area contributed by atoms with Crippen molar-refractivity contribution < 1.29 is 14.7 Å². The number of rotatable bonds is 2. The molecule has 1 aliphatic heterocycles. The zero-order valence-corrected chi connectivity index (χ0v) is 10.6. The van der Waals surface area contributed by atoms with E-state index >= 15 is 0 Å². The molecule has 0 bridgehead atoms. The van der Waals surface area contributed by atoms with E-state index in [4.69, 9.17) is 9.94 Å². The van der Waals surface area contributed by atoms with Gasteiger partial charge >= 0.3 is 0 Å². The molecule has 0 unspecified atom stereocenters. The highest BCUT2D eigenvalue weighted by atomic mass is 16.5. The molecule has 0 saturated carbocycles. The van der Waals surface area contributed by atoms with Crippen LogP contribution in [0.2, 0.25) is 0 Å². The molecule has 1 amide bonds. The van der Waals surface area contributed by atoms with Crippen LogP contribution in [0.15, 0.2) is 18.2 Å². The van der Waals surface area contributed by atoms with Gasteiger partial charge < -0.3 is 4.74 Å². The van der Waals surface area contributed by atoms with Crippen molar-refractivity contribution in [1.29, 1.82) is 0 Å². The van der Waals surface area contributed by atoms with E-state index in [9.17, 15) is 4.79 Å². The number of carbonyl (C=O) groups excluding carboxylic acids is 1. The summed E-state index contributed by atoms with van der Waals surface area (Å²) in [5.74, 6) is 0.199. The van der Waals surface area contributed by atoms with Crippen molar-refractivity contribution in [2.24, 2.45) is 0 Å². The maximum atomic E-state index is 11.3. The van der Waals surface area contributed by atoms with Gasteiger partial charge in [-0.05, 0) is 25.6 Å². The van der Waals surface area contributed by atoms with Crippen LogP contribution in [0, 0.1) is 0 Å². The standard InChI is InChI=1S/C13H18N2O3/c1-3-11-8-18-12-6-9(13(16)14-17)4-5-10(12)7-15(11)2/h4-6,11,17H,3,7-8H2,1-2H3,(H,14,16)/t11-/m1/s1. The molecule has 0 saturated heterocycles. The minimum atomic E-state index is -0.522. The zero-order valence-electron chi connectivity index (χ0n) is 10.6. The van der Waals surface area contributed by atoms with E-state index in [1.165, 1.54) is 0 Å². The average molecular weight is 250 g/mol. The van der Waals surface area contributed by atoms with Crippen molar-refractivity contribution in [1.82, 2.24) is 10.4 Å². The molecule has 2 N–H and O–H groups in total. The molecule has 1 aromatic carbocycles. The topological polar surface area (TPSA) is 61.8 Å². The first-order valence-corrected chi connectivity index (χ1v) is 6.06. The smallest absolute Gasteiger partial charge is 0.274 e. The van der Waals surface area contributed by atoms with Crippen LogP contribution in [-0.2, 0) is 6.54 Å². The molecule has 0 aromatic heterocycles. The van der Waals surface area contributed by atoms with Crippen molar-refractivity contribution in [3.63, 3.8) is 0 Å². The average Bonchev–Trinajstić information content (AvgIpc) is 2.55. The number of nitrogens with one attached hydrogen (secondary N) is 1. The number of hydrogen-bond donors (Lipinski definition) is 2. The number of amides is 1. The predicted octanol–water partition coefficient (Wildman–Crippen LogP) is 1.41. The Morgan fingerprint density at radius 3 is 3.06 bits per heavy atom. The molecule has 18 heavy (non-hydrogen) atoms. The van der Waals surface area contributed by atoms with E-state index in [1.807, 2.05) is 6.07 Å². The number of carbonyl (C=O) groups is 1. The van der Waals surface area contributed by atoms with Gasteiger partial charge in [-0.3, -0.25) is 14.9 Å². The largest absolute Gasteiger partial charge is 0.492 e. The lowest BCUT2D eigenvalue weighted by molar-refractivity contribution is 0.0706. The molecule has 1 aliphatic rings. The van der Waals surface area contributed by atoms with Crippen LogP contribution in [-0.4, -0.2) is 35.7 Å². The van der Waals surface area contributed by atoms with Crippen LogP contribution >= 0.6 is 0 Å². The summed E-state index contributed by atoms with van der Waals surface area (Å²) in [5.41, 5.74) is 3.08. The van der Waals surface area contributed by atoms with Gasteiger partial charge in [0.1, 0.15) is 12.4 Å². The van der Waals surface area contributed by atoms with Crippen molar-refractivity contribution >= 4 is 5.91 Å². The van der Waals surface area contributed by atoms with Gasteiger partial charge in [0.05, 0.1) is 0 Å². The Balaban J connectivity index is 2.27. The highest BCUT2D eigenvalue weighted by Crippen LogP contribution is 2.26. The van der Waals surface area contributed by atoms with Crippen molar-refractivity contribution in [2.75, 3.05) is 13.7 Å². The summed E-state index contributed by atoms with van der Waals surface area (Å²) in [6.45, 7) is 3.55. The lowest BCUT2D eigenvalue weighted by atomic mass is 10.1. The summed E-state index contributed by atoms with van der Waals surface area (Å²) >= 11 is 0. The van der Waals surface area contributed by atoms with Gasteiger partial charge in [-0.1, -0.05) is 13.0 Å². The van der Waals surface area contributed by atoms with Gasteiger partial charge in [0, 0.05) is 23.7 Å². The van der Waals surface area contributed by atoms with Crippen LogP contribution in [0.1, 0.15) is 29.3 Å². The van der Waals surface area contributed by atoms with Crippen LogP contribution < -0.4 is 10.2 Å². The van der Waals surface area contributed by atoms with Gasteiger partial charge in [0.15, 0.2) is 0 Å². The molecule has 98 valence electrons. The molecular formula is C13H18N2O3. The molecule has 1 atom stereocenters. The number of hydroxylamine groups is 1.